The van der Waals surface area contributed by atoms with Crippen molar-refractivity contribution in [1.29, 1.82) is 0 Å². The molecule has 2 aromatic rings. The van der Waals surface area contributed by atoms with Gasteiger partial charge in [0.05, 0.1) is 18.0 Å². The number of aryl methyl sites for hydroxylation is 1. The van der Waals surface area contributed by atoms with Crippen LogP contribution < -0.4 is 4.72 Å². The molecule has 8 heteroatoms. The molecule has 0 atom stereocenters. The van der Waals surface area contributed by atoms with Gasteiger partial charge < -0.3 is 5.11 Å². The van der Waals surface area contributed by atoms with Crippen molar-refractivity contribution in [2.24, 2.45) is 0 Å². The lowest BCUT2D eigenvalue weighted by Crippen LogP contribution is -2.23. The molecule has 0 saturated heterocycles. The summed E-state index contributed by atoms with van der Waals surface area (Å²) in [6.07, 6.45) is 1.69. The molecule has 2 rings (SSSR count). The highest BCUT2D eigenvalue weighted by atomic mass is 35.5. The number of benzene rings is 1. The molecule has 0 fully saturated rings. The molecule has 0 unspecified atom stereocenters. The first kappa shape index (κ1) is 15.4. The molecule has 0 bridgehead atoms. The summed E-state index contributed by atoms with van der Waals surface area (Å²) in [7, 11) is -3.65. The van der Waals surface area contributed by atoms with Crippen LogP contribution in [0.4, 0.5) is 0 Å². The van der Waals surface area contributed by atoms with E-state index >= 15 is 0 Å². The van der Waals surface area contributed by atoms with Gasteiger partial charge in [-0.25, -0.2) is 18.1 Å². The average molecular weight is 333 g/mol. The van der Waals surface area contributed by atoms with Crippen molar-refractivity contribution in [3.8, 4) is 0 Å². The van der Waals surface area contributed by atoms with E-state index in [-0.39, 0.29) is 18.0 Å². The minimum absolute atomic E-state index is 0.0687. The number of sulfonamides is 1. The van der Waals surface area contributed by atoms with Gasteiger partial charge in [0.1, 0.15) is 5.01 Å². The Labute approximate surface area is 126 Å². The van der Waals surface area contributed by atoms with E-state index in [1.807, 2.05) is 6.92 Å². The Kier molecular flexibility index (Phi) is 4.77. The van der Waals surface area contributed by atoms with Crippen molar-refractivity contribution in [2.75, 3.05) is 0 Å². The van der Waals surface area contributed by atoms with E-state index in [2.05, 4.69) is 9.71 Å². The normalized spacial score (nSPS) is 11.8. The lowest BCUT2D eigenvalue weighted by atomic mass is 10.2. The zero-order valence-corrected chi connectivity index (χ0v) is 13.0. The monoisotopic (exact) mass is 332 g/mol. The van der Waals surface area contributed by atoms with Gasteiger partial charge in [-0.3, -0.25) is 0 Å². The Bertz CT molecular complexity index is 713. The number of hydrogen-bond donors (Lipinski definition) is 2. The van der Waals surface area contributed by atoms with Gasteiger partial charge in [-0.05, 0) is 30.7 Å². The third-order valence-electron chi connectivity index (χ3n) is 2.58. The first-order valence-electron chi connectivity index (χ1n) is 5.72. The Hall–Kier alpha value is -0.990. The van der Waals surface area contributed by atoms with E-state index in [4.69, 9.17) is 16.7 Å². The van der Waals surface area contributed by atoms with Crippen LogP contribution in [-0.2, 0) is 23.2 Å². The first-order chi connectivity index (χ1) is 9.42. The van der Waals surface area contributed by atoms with Gasteiger partial charge in [0.2, 0.25) is 10.0 Å². The lowest BCUT2D eigenvalue weighted by Gasteiger charge is -2.07. The van der Waals surface area contributed by atoms with E-state index in [1.165, 1.54) is 29.5 Å². The van der Waals surface area contributed by atoms with Gasteiger partial charge in [-0.15, -0.1) is 11.3 Å². The second kappa shape index (κ2) is 6.19. The summed E-state index contributed by atoms with van der Waals surface area (Å²) in [4.78, 5) is 5.18. The van der Waals surface area contributed by atoms with Crippen molar-refractivity contribution in [3.63, 3.8) is 0 Å². The van der Waals surface area contributed by atoms with E-state index in [0.29, 0.717) is 15.6 Å². The highest BCUT2D eigenvalue weighted by Crippen LogP contribution is 2.21. The molecule has 0 aliphatic heterocycles. The van der Waals surface area contributed by atoms with Gasteiger partial charge in [0.25, 0.3) is 0 Å². The van der Waals surface area contributed by atoms with Crippen LogP contribution in [-0.4, -0.2) is 18.5 Å². The van der Waals surface area contributed by atoms with E-state index < -0.39 is 10.0 Å². The Balaban J connectivity index is 2.17. The van der Waals surface area contributed by atoms with Crippen molar-refractivity contribution in [3.05, 3.63) is 44.9 Å². The summed E-state index contributed by atoms with van der Waals surface area (Å²) in [5.74, 6) is 0. The summed E-state index contributed by atoms with van der Waals surface area (Å²) >= 11 is 7.27. The predicted octanol–water partition coefficient (Wildman–Crippen LogP) is 2.08. The van der Waals surface area contributed by atoms with Crippen LogP contribution in [0.15, 0.2) is 29.3 Å². The molecule has 5 nitrogen and oxygen atoms in total. The molecule has 1 heterocycles. The number of rotatable bonds is 5. The standard InChI is InChI=1S/C12H13ClN2O3S2/c1-8-5-14-12(19-8)6-15-20(17,18)10-2-3-11(13)9(4-10)7-16/h2-5,15-16H,6-7H2,1H3. The smallest absolute Gasteiger partial charge is 0.240 e. The van der Waals surface area contributed by atoms with Gasteiger partial charge >= 0.3 is 0 Å². The second-order valence-electron chi connectivity index (χ2n) is 4.10. The summed E-state index contributed by atoms with van der Waals surface area (Å²) < 4.78 is 26.7. The van der Waals surface area contributed by atoms with Crippen LogP contribution in [0.1, 0.15) is 15.4 Å². The number of halogens is 1. The number of aromatic nitrogens is 1. The van der Waals surface area contributed by atoms with Crippen molar-refractivity contribution >= 4 is 33.0 Å². The first-order valence-corrected chi connectivity index (χ1v) is 8.40. The zero-order chi connectivity index (χ0) is 14.8. The SMILES string of the molecule is Cc1cnc(CNS(=O)(=O)c2ccc(Cl)c(CO)c2)s1. The van der Waals surface area contributed by atoms with E-state index in [9.17, 15) is 8.42 Å². The average Bonchev–Trinajstić information content (AvgIpc) is 2.83. The Morgan fingerprint density at radius 1 is 1.45 bits per heavy atom. The molecule has 0 radical (unpaired) electrons. The number of aliphatic hydroxyl groups excluding tert-OH is 1. The quantitative estimate of drug-likeness (QED) is 0.878. The van der Waals surface area contributed by atoms with Gasteiger partial charge in [-0.2, -0.15) is 0 Å². The van der Waals surface area contributed by atoms with Crippen LogP contribution in [0, 0.1) is 6.92 Å². The maximum atomic E-state index is 12.1. The summed E-state index contributed by atoms with van der Waals surface area (Å²) in [6, 6.07) is 4.21. The number of aliphatic hydroxyl groups is 1. The maximum absolute atomic E-state index is 12.1. The number of nitrogens with one attached hydrogen (secondary N) is 1. The fourth-order valence-corrected chi connectivity index (χ4v) is 3.60. The Morgan fingerprint density at radius 2 is 2.20 bits per heavy atom. The Morgan fingerprint density at radius 3 is 2.80 bits per heavy atom. The molecule has 0 aliphatic rings. The molecule has 2 N–H and O–H groups in total. The molecule has 20 heavy (non-hydrogen) atoms. The topological polar surface area (TPSA) is 79.3 Å². The van der Waals surface area contributed by atoms with Gasteiger partial charge in [-0.1, -0.05) is 11.6 Å². The fourth-order valence-electron chi connectivity index (χ4n) is 1.56. The van der Waals surface area contributed by atoms with Crippen LogP contribution in [0.5, 0.6) is 0 Å². The summed E-state index contributed by atoms with van der Waals surface area (Å²) in [5, 5.41) is 10.1. The molecule has 1 aromatic carbocycles. The van der Waals surface area contributed by atoms with Crippen LogP contribution >= 0.6 is 22.9 Å². The molecule has 0 aliphatic carbocycles. The molecule has 0 amide bonds. The number of thiazole rings is 1. The van der Waals surface area contributed by atoms with Gasteiger partial charge in [0.15, 0.2) is 0 Å². The second-order valence-corrected chi connectivity index (χ2v) is 7.59. The number of hydrogen-bond acceptors (Lipinski definition) is 5. The minimum atomic E-state index is -3.65. The van der Waals surface area contributed by atoms with Crippen LogP contribution in [0.25, 0.3) is 0 Å². The molecule has 0 saturated carbocycles. The zero-order valence-electron chi connectivity index (χ0n) is 10.6. The lowest BCUT2D eigenvalue weighted by molar-refractivity contribution is 0.281. The van der Waals surface area contributed by atoms with Gasteiger partial charge in [0, 0.05) is 16.1 Å². The third-order valence-corrected chi connectivity index (χ3v) is 5.26. The summed E-state index contributed by atoms with van der Waals surface area (Å²) in [6.45, 7) is 1.73. The number of nitrogens with zero attached hydrogens (tertiary/aromatic N) is 1. The van der Waals surface area contributed by atoms with Crippen molar-refractivity contribution in [1.82, 2.24) is 9.71 Å². The van der Waals surface area contributed by atoms with Crippen LogP contribution in [0.3, 0.4) is 0 Å². The largest absolute Gasteiger partial charge is 0.392 e. The summed E-state index contributed by atoms with van der Waals surface area (Å²) in [5.41, 5.74) is 0.375. The molecular formula is C12H13ClN2O3S2. The van der Waals surface area contributed by atoms with Crippen molar-refractivity contribution < 1.29 is 13.5 Å². The van der Waals surface area contributed by atoms with E-state index in [0.717, 1.165) is 4.88 Å². The molecular weight excluding hydrogens is 320 g/mol. The molecule has 1 aromatic heterocycles. The fraction of sp³-hybridized carbons (Fsp3) is 0.250. The maximum Gasteiger partial charge on any atom is 0.240 e. The molecule has 108 valence electrons. The molecule has 0 spiro atoms. The highest BCUT2D eigenvalue weighted by Gasteiger charge is 2.16. The highest BCUT2D eigenvalue weighted by molar-refractivity contribution is 7.89. The van der Waals surface area contributed by atoms with Crippen molar-refractivity contribution in [2.45, 2.75) is 25.0 Å². The van der Waals surface area contributed by atoms with E-state index in [1.54, 1.807) is 6.20 Å². The third kappa shape index (κ3) is 3.56. The van der Waals surface area contributed by atoms with Crippen LogP contribution in [0.2, 0.25) is 5.02 Å². The minimum Gasteiger partial charge on any atom is -0.392 e. The predicted molar refractivity (Wildman–Crippen MR) is 78.3 cm³/mol.